The highest BCUT2D eigenvalue weighted by molar-refractivity contribution is 5.59. The summed E-state index contributed by atoms with van der Waals surface area (Å²) in [7, 11) is 1.92. The first kappa shape index (κ1) is 15.6. The van der Waals surface area contributed by atoms with Gasteiger partial charge in [-0.2, -0.15) is 13.2 Å². The Morgan fingerprint density at radius 2 is 1.90 bits per heavy atom. The predicted octanol–water partition coefficient (Wildman–Crippen LogP) is 2.76. The number of hydrogen-bond acceptors (Lipinski definition) is 4. The number of halogens is 3. The molecule has 1 heterocycles. The van der Waals surface area contributed by atoms with Crippen LogP contribution in [0.25, 0.3) is 0 Å². The van der Waals surface area contributed by atoms with Crippen molar-refractivity contribution in [2.45, 2.75) is 12.6 Å². The maximum absolute atomic E-state index is 13.2. The molecule has 0 saturated carbocycles. The Kier molecular flexibility index (Phi) is 4.36. The number of hydrogen-bond donors (Lipinski definition) is 0. The molecule has 0 aliphatic carbocycles. The number of non-ortho nitro benzene ring substituents is 1. The number of rotatable bonds is 2. The van der Waals surface area contributed by atoms with Crippen molar-refractivity contribution in [3.63, 3.8) is 0 Å². The Labute approximate surface area is 120 Å². The lowest BCUT2D eigenvalue weighted by atomic mass is 10.1. The number of anilines is 1. The number of nitro groups is 1. The summed E-state index contributed by atoms with van der Waals surface area (Å²) in [6.07, 6.45) is -3.86. The number of benzene rings is 1. The Balaban J connectivity index is 2.40. The summed E-state index contributed by atoms with van der Waals surface area (Å²) in [5.41, 5.74) is -1.47. The maximum atomic E-state index is 13.2. The number of nitro benzene ring substituents is 1. The first-order valence-corrected chi connectivity index (χ1v) is 6.58. The average Bonchev–Trinajstić information content (AvgIpc) is 2.62. The van der Waals surface area contributed by atoms with Crippen LogP contribution in [0.1, 0.15) is 12.0 Å². The van der Waals surface area contributed by atoms with E-state index < -0.39 is 22.4 Å². The van der Waals surface area contributed by atoms with Gasteiger partial charge in [-0.3, -0.25) is 10.1 Å². The molecule has 1 aromatic rings. The van der Waals surface area contributed by atoms with Gasteiger partial charge in [0.25, 0.3) is 5.69 Å². The molecule has 1 fully saturated rings. The number of likely N-dealkylation sites (N-methyl/N-ethyl adjacent to an activating group) is 1. The summed E-state index contributed by atoms with van der Waals surface area (Å²) in [5, 5.41) is 10.7. The normalized spacial score (nSPS) is 17.6. The lowest BCUT2D eigenvalue weighted by Crippen LogP contribution is -2.30. The summed E-state index contributed by atoms with van der Waals surface area (Å²) in [5.74, 6) is 0. The van der Waals surface area contributed by atoms with E-state index in [0.717, 1.165) is 19.0 Å². The summed E-state index contributed by atoms with van der Waals surface area (Å²) in [6, 6.07) is 2.94. The molecule has 1 saturated heterocycles. The first-order valence-electron chi connectivity index (χ1n) is 6.58. The fourth-order valence-corrected chi connectivity index (χ4v) is 2.43. The second-order valence-electron chi connectivity index (χ2n) is 5.10. The van der Waals surface area contributed by atoms with Crippen molar-refractivity contribution < 1.29 is 18.1 Å². The molecule has 5 nitrogen and oxygen atoms in total. The molecule has 0 N–H and O–H groups in total. The van der Waals surface area contributed by atoms with Crippen LogP contribution in [0.4, 0.5) is 24.5 Å². The van der Waals surface area contributed by atoms with Gasteiger partial charge in [0, 0.05) is 37.5 Å². The molecule has 1 aliphatic heterocycles. The molecule has 0 aromatic heterocycles. The monoisotopic (exact) mass is 303 g/mol. The highest BCUT2D eigenvalue weighted by Crippen LogP contribution is 2.39. The Hall–Kier alpha value is -1.83. The van der Waals surface area contributed by atoms with Gasteiger partial charge in [0.2, 0.25) is 0 Å². The van der Waals surface area contributed by atoms with Crippen LogP contribution in [-0.2, 0) is 6.18 Å². The minimum atomic E-state index is -4.61. The SMILES string of the molecule is CN1CCCN(c2ccc([N+](=O)[O-])cc2C(F)(F)F)CC1. The molecule has 1 aliphatic rings. The van der Waals surface area contributed by atoms with Gasteiger partial charge < -0.3 is 9.80 Å². The van der Waals surface area contributed by atoms with Gasteiger partial charge >= 0.3 is 6.18 Å². The van der Waals surface area contributed by atoms with Crippen LogP contribution in [0.5, 0.6) is 0 Å². The van der Waals surface area contributed by atoms with E-state index in [-0.39, 0.29) is 5.69 Å². The highest BCUT2D eigenvalue weighted by atomic mass is 19.4. The zero-order valence-corrected chi connectivity index (χ0v) is 11.6. The van der Waals surface area contributed by atoms with Crippen LogP contribution in [0, 0.1) is 10.1 Å². The number of alkyl halides is 3. The molecule has 8 heteroatoms. The van der Waals surface area contributed by atoms with E-state index in [9.17, 15) is 23.3 Å². The van der Waals surface area contributed by atoms with Gasteiger partial charge in [-0.05, 0) is 26.1 Å². The fourth-order valence-electron chi connectivity index (χ4n) is 2.43. The minimum absolute atomic E-state index is 0.0170. The third kappa shape index (κ3) is 3.63. The van der Waals surface area contributed by atoms with Crippen LogP contribution < -0.4 is 4.90 Å². The van der Waals surface area contributed by atoms with Crippen molar-refractivity contribution in [1.82, 2.24) is 4.90 Å². The summed E-state index contributed by atoms with van der Waals surface area (Å²) in [4.78, 5) is 13.6. The molecule has 0 bridgehead atoms. The molecule has 0 unspecified atom stereocenters. The summed E-state index contributed by atoms with van der Waals surface area (Å²) in [6.45, 7) is 2.46. The molecule has 0 spiro atoms. The van der Waals surface area contributed by atoms with E-state index in [1.807, 2.05) is 7.05 Å². The van der Waals surface area contributed by atoms with Gasteiger partial charge in [0.15, 0.2) is 0 Å². The quantitative estimate of drug-likeness (QED) is 0.622. The topological polar surface area (TPSA) is 49.6 Å². The highest BCUT2D eigenvalue weighted by Gasteiger charge is 2.36. The standard InChI is InChI=1S/C13H16F3N3O2/c1-17-5-2-6-18(8-7-17)12-4-3-10(19(20)21)9-11(12)13(14,15)16/h3-4,9H,2,5-8H2,1H3. The van der Waals surface area contributed by atoms with E-state index in [0.29, 0.717) is 25.7 Å². The van der Waals surface area contributed by atoms with Gasteiger partial charge in [-0.1, -0.05) is 0 Å². The van der Waals surface area contributed by atoms with Crippen molar-refractivity contribution in [2.24, 2.45) is 0 Å². The molecular formula is C13H16F3N3O2. The lowest BCUT2D eigenvalue weighted by molar-refractivity contribution is -0.385. The molecule has 1 aromatic carbocycles. The molecule has 116 valence electrons. The molecular weight excluding hydrogens is 287 g/mol. The lowest BCUT2D eigenvalue weighted by Gasteiger charge is -2.26. The molecule has 0 atom stereocenters. The van der Waals surface area contributed by atoms with Gasteiger partial charge in [-0.25, -0.2) is 0 Å². The maximum Gasteiger partial charge on any atom is 0.418 e. The van der Waals surface area contributed by atoms with E-state index >= 15 is 0 Å². The number of nitrogens with zero attached hydrogens (tertiary/aromatic N) is 3. The fraction of sp³-hybridized carbons (Fsp3) is 0.538. The summed E-state index contributed by atoms with van der Waals surface area (Å²) < 4.78 is 39.5. The molecule has 0 amide bonds. The van der Waals surface area contributed by atoms with Gasteiger partial charge in [-0.15, -0.1) is 0 Å². The molecule has 21 heavy (non-hydrogen) atoms. The van der Waals surface area contributed by atoms with E-state index in [2.05, 4.69) is 4.90 Å². The zero-order valence-electron chi connectivity index (χ0n) is 11.6. The molecule has 2 rings (SSSR count). The summed E-state index contributed by atoms with van der Waals surface area (Å²) >= 11 is 0. The van der Waals surface area contributed by atoms with E-state index in [4.69, 9.17) is 0 Å². The van der Waals surface area contributed by atoms with Crippen molar-refractivity contribution in [3.8, 4) is 0 Å². The van der Waals surface area contributed by atoms with Gasteiger partial charge in [0.05, 0.1) is 10.5 Å². The Bertz CT molecular complexity index is 534. The van der Waals surface area contributed by atoms with Crippen molar-refractivity contribution in [2.75, 3.05) is 38.1 Å². The van der Waals surface area contributed by atoms with Crippen LogP contribution >= 0.6 is 0 Å². The van der Waals surface area contributed by atoms with Crippen molar-refractivity contribution >= 4 is 11.4 Å². The first-order chi connectivity index (χ1) is 9.79. The largest absolute Gasteiger partial charge is 0.418 e. The zero-order chi connectivity index (χ0) is 15.6. The average molecular weight is 303 g/mol. The third-order valence-corrected chi connectivity index (χ3v) is 3.56. The van der Waals surface area contributed by atoms with E-state index in [1.54, 1.807) is 4.90 Å². The Morgan fingerprint density at radius 1 is 1.19 bits per heavy atom. The van der Waals surface area contributed by atoms with E-state index in [1.165, 1.54) is 6.07 Å². The Morgan fingerprint density at radius 3 is 2.52 bits per heavy atom. The van der Waals surface area contributed by atoms with Crippen LogP contribution in [-0.4, -0.2) is 43.0 Å². The second-order valence-corrected chi connectivity index (χ2v) is 5.10. The third-order valence-electron chi connectivity index (χ3n) is 3.56. The van der Waals surface area contributed by atoms with Crippen LogP contribution in [0.3, 0.4) is 0 Å². The predicted molar refractivity (Wildman–Crippen MR) is 72.4 cm³/mol. The van der Waals surface area contributed by atoms with Crippen LogP contribution in [0.15, 0.2) is 18.2 Å². The van der Waals surface area contributed by atoms with Crippen molar-refractivity contribution in [3.05, 3.63) is 33.9 Å². The van der Waals surface area contributed by atoms with Crippen molar-refractivity contribution in [1.29, 1.82) is 0 Å². The van der Waals surface area contributed by atoms with Gasteiger partial charge in [0.1, 0.15) is 0 Å². The van der Waals surface area contributed by atoms with Crippen LogP contribution in [0.2, 0.25) is 0 Å². The minimum Gasteiger partial charge on any atom is -0.370 e. The molecule has 0 radical (unpaired) electrons. The smallest absolute Gasteiger partial charge is 0.370 e. The second kappa shape index (κ2) is 5.88.